The van der Waals surface area contributed by atoms with E-state index in [-0.39, 0.29) is 96.8 Å². The Hall–Kier alpha value is -12.6. The second-order valence-electron chi connectivity index (χ2n) is 27.1. The maximum absolute atomic E-state index is 14.4. The number of hydrogen-bond acceptors (Lipinski definition) is 27. The van der Waals surface area contributed by atoms with E-state index >= 15 is 0 Å². The molecule has 1 rings (SSSR count). The maximum Gasteiger partial charge on any atom is 0.327 e. The molecule has 33 N–H and O–H groups in total. The molecule has 1 heterocycles. The molecule has 1 aliphatic rings. The molecule has 0 aromatic carbocycles. The number of nitrogens with one attached hydrogen (secondary N) is 16. The van der Waals surface area contributed by atoms with Crippen molar-refractivity contribution in [2.45, 2.75) is 220 Å². The maximum atomic E-state index is 14.4. The van der Waals surface area contributed by atoms with Crippen molar-refractivity contribution < 1.29 is 141 Å². The lowest BCUT2D eigenvalue weighted by Crippen LogP contribution is -2.60. The summed E-state index contributed by atoms with van der Waals surface area (Å²) in [6.07, 6.45) is -8.14. The van der Waals surface area contributed by atoms with Crippen molar-refractivity contribution in [1.82, 2.24) is 79.3 Å². The van der Waals surface area contributed by atoms with Crippen molar-refractivity contribution in [3.63, 3.8) is 0 Å². The number of nitrogens with zero attached hydrogens (tertiary/aromatic N) is 1. The second-order valence-corrected chi connectivity index (χ2v) is 28.3. The first-order valence-electron chi connectivity index (χ1n) is 36.7. The van der Waals surface area contributed by atoms with Gasteiger partial charge in [0.25, 0.3) is 0 Å². The van der Waals surface area contributed by atoms with Crippen LogP contribution >= 0.6 is 11.8 Å². The van der Waals surface area contributed by atoms with E-state index in [0.29, 0.717) is 24.5 Å². The number of imide groups is 1. The SMILES string of the molecule is CC(C)C(NC(=O)CCCCCN1C(=O)CC(SC[C@@H](NC(=O)C(CCCCNC(=O)[C@H](CC(=O)O)NC(=O)[C@H](CC(=O)O)NC(=O)[C@H](CCCNC(=N)N)NC(=O)[C@@H](N)CC(=O)O)NC(=O)[C@H](CC(=O)O)NC(=O)[C@H](CC(=O)O)NC(=O)[C@H](CCCNC(=N)N)NC(=O)[C@@H](N)CC(=O)O)C(=O)O)C1=O)C(=O)N[C@H](C=O)CCCNC(N)=O. The number of hydrogen-bond donors (Lipinski definition) is 28. The molecule has 1 aliphatic heterocycles. The number of carboxylic acids is 7. The number of thioether (sulfide) groups is 1. The zero-order chi connectivity index (χ0) is 89.6. The van der Waals surface area contributed by atoms with Gasteiger partial charge < -0.3 is 144 Å². The average Bonchev–Trinajstić information content (AvgIpc) is 1.66. The Labute approximate surface area is 676 Å². The Balaban J connectivity index is 3.64. The molecule has 118 heavy (non-hydrogen) atoms. The summed E-state index contributed by atoms with van der Waals surface area (Å²) in [5.74, 6) is -29.0. The number of rotatable bonds is 61. The van der Waals surface area contributed by atoms with E-state index in [4.69, 9.17) is 49.7 Å². The molecule has 0 aromatic rings. The van der Waals surface area contributed by atoms with E-state index in [1.165, 1.54) is 0 Å². The number of carbonyl (C=O) groups is 22. The third-order valence-electron chi connectivity index (χ3n) is 16.9. The highest BCUT2D eigenvalue weighted by Crippen LogP contribution is 2.27. The summed E-state index contributed by atoms with van der Waals surface area (Å²) in [7, 11) is 0. The van der Waals surface area contributed by atoms with Gasteiger partial charge in [-0.25, -0.2) is 9.59 Å². The fourth-order valence-corrected chi connectivity index (χ4v) is 12.0. The predicted molar refractivity (Wildman–Crippen MR) is 405 cm³/mol. The quantitative estimate of drug-likeness (QED) is 0.00884. The fraction of sp³-hybridized carbons (Fsp3) is 0.636. The lowest BCUT2D eigenvalue weighted by atomic mass is 10.0. The summed E-state index contributed by atoms with van der Waals surface area (Å²) in [6.45, 7) is 2.57. The minimum absolute atomic E-state index is 0.0547. The second kappa shape index (κ2) is 54.2. The molecule has 0 aromatic heterocycles. The Kier molecular flexibility index (Phi) is 47.5. The van der Waals surface area contributed by atoms with E-state index in [0.717, 1.165) is 4.90 Å². The Morgan fingerprint density at radius 2 is 0.788 bits per heavy atom. The molecular weight excluding hydrogens is 1600 g/mol. The summed E-state index contributed by atoms with van der Waals surface area (Å²) >= 11 is 0.609. The number of amides is 15. The van der Waals surface area contributed by atoms with Crippen molar-refractivity contribution >= 4 is 155 Å². The third-order valence-corrected chi connectivity index (χ3v) is 18.2. The smallest absolute Gasteiger partial charge is 0.327 e. The van der Waals surface area contributed by atoms with Crippen LogP contribution in [0, 0.1) is 16.7 Å². The minimum atomic E-state index is -2.33. The van der Waals surface area contributed by atoms with E-state index < -0.39 is 284 Å². The summed E-state index contributed by atoms with van der Waals surface area (Å²) in [6, 6.07) is -22.5. The molecule has 0 spiro atoms. The zero-order valence-electron chi connectivity index (χ0n) is 64.4. The van der Waals surface area contributed by atoms with Crippen LogP contribution in [0.4, 0.5) is 4.79 Å². The summed E-state index contributed by atoms with van der Waals surface area (Å²) in [5, 5.41) is 113. The van der Waals surface area contributed by atoms with E-state index in [1.54, 1.807) is 13.8 Å². The van der Waals surface area contributed by atoms with Gasteiger partial charge in [0.2, 0.25) is 76.8 Å². The number of nitrogens with two attached hydrogens (primary N) is 5. The van der Waals surface area contributed by atoms with Crippen LogP contribution in [0.1, 0.15) is 142 Å². The average molecular weight is 1700 g/mol. The molecule has 660 valence electrons. The first-order chi connectivity index (χ1) is 55.3. The molecule has 0 radical (unpaired) electrons. The topological polar surface area (TPSA) is 867 Å². The van der Waals surface area contributed by atoms with Crippen LogP contribution in [-0.2, 0) is 101 Å². The molecule has 1 fully saturated rings. The van der Waals surface area contributed by atoms with Crippen LogP contribution in [0.25, 0.3) is 0 Å². The highest BCUT2D eigenvalue weighted by Gasteiger charge is 2.41. The van der Waals surface area contributed by atoms with Crippen molar-refractivity contribution in [2.24, 2.45) is 34.6 Å². The van der Waals surface area contributed by atoms with Gasteiger partial charge in [0, 0.05) is 51.3 Å². The van der Waals surface area contributed by atoms with Gasteiger partial charge in [0.15, 0.2) is 11.9 Å². The predicted octanol–water partition coefficient (Wildman–Crippen LogP) is -10.0. The monoisotopic (exact) mass is 1700 g/mol. The van der Waals surface area contributed by atoms with Gasteiger partial charge in [-0.1, -0.05) is 20.3 Å². The Morgan fingerprint density at radius 3 is 1.18 bits per heavy atom. The van der Waals surface area contributed by atoms with Gasteiger partial charge in [-0.3, -0.25) is 107 Å². The third kappa shape index (κ3) is 42.6. The minimum Gasteiger partial charge on any atom is -0.481 e. The van der Waals surface area contributed by atoms with Gasteiger partial charge in [0.1, 0.15) is 60.7 Å². The van der Waals surface area contributed by atoms with Crippen molar-refractivity contribution in [1.29, 1.82) is 10.8 Å². The van der Waals surface area contributed by atoms with Gasteiger partial charge in [-0.05, 0) is 76.5 Å². The van der Waals surface area contributed by atoms with Gasteiger partial charge in [0.05, 0.1) is 61.9 Å². The van der Waals surface area contributed by atoms with Crippen LogP contribution < -0.4 is 103 Å². The molecule has 0 saturated carbocycles. The number of carbonyl (C=O) groups excluding carboxylic acids is 15. The number of carboxylic acid groups (broad SMARTS) is 7. The number of aliphatic carboxylic acids is 7. The van der Waals surface area contributed by atoms with Gasteiger partial charge >= 0.3 is 47.8 Å². The summed E-state index contributed by atoms with van der Waals surface area (Å²) in [5.41, 5.74) is 26.9. The standard InChI is InChI=1S/C66H106N22O29S/c1-30(2)51(61(113)78-31(28-89)11-8-19-77-66(73)117)87-43(90)15-4-3-7-20-88-44(91)27-42(62(88)114)118-29-41(63(115)116)86-57(109)34(81-58(110)38(24-48(98)99)85-60(112)40(26-50(102)103)84-56(108)36(14-10-18-76-65(71)72)80-53(105)33(68)22-46(94)95)12-5-6-16-74-54(106)37(23-47(96)97)82-59(111)39(25-49(100)101)83-55(107)35(13-9-17-75-64(69)70)79-52(104)32(67)21-45(92)93/h28,30-42,51H,3-27,29,67-68H2,1-2H3,(H,74,106)(H,78,113)(H,79,104)(H,80,105)(H,81,110)(H,82,111)(H,83,107)(H,84,108)(H,85,112)(H,86,109)(H,87,90)(H,92,93)(H,94,95)(H,96,97)(H,98,99)(H,100,101)(H,102,103)(H,115,116)(H4,69,70,75)(H4,71,72,76)(H3,73,77,117)/t31-,32-,33-,34?,35-,36-,37-,38-,39-,40-,41+,42?,51?/m0/s1. The number of primary amides is 1. The molecule has 1 saturated heterocycles. The van der Waals surface area contributed by atoms with Crippen LogP contribution in [0.15, 0.2) is 0 Å². The van der Waals surface area contributed by atoms with E-state index in [2.05, 4.69) is 58.5 Å². The number of aldehydes is 1. The van der Waals surface area contributed by atoms with Crippen molar-refractivity contribution in [3.05, 3.63) is 0 Å². The summed E-state index contributed by atoms with van der Waals surface area (Å²) in [4.78, 5) is 283. The van der Waals surface area contributed by atoms with E-state index in [1.807, 2.05) is 16.0 Å². The van der Waals surface area contributed by atoms with Crippen LogP contribution in [0.5, 0.6) is 0 Å². The van der Waals surface area contributed by atoms with Crippen molar-refractivity contribution in [2.75, 3.05) is 38.5 Å². The zero-order valence-corrected chi connectivity index (χ0v) is 65.2. The molecule has 15 amide bonds. The molecule has 52 heteroatoms. The first kappa shape index (κ1) is 103. The lowest BCUT2D eigenvalue weighted by molar-refractivity contribution is -0.144. The van der Waals surface area contributed by atoms with Gasteiger partial charge in [-0.15, -0.1) is 11.8 Å². The number of likely N-dealkylation sites (tertiary alicyclic amines) is 1. The van der Waals surface area contributed by atoms with Crippen molar-refractivity contribution in [3.8, 4) is 0 Å². The molecule has 3 unspecified atom stereocenters. The number of urea groups is 1. The number of unbranched alkanes of at least 4 members (excludes halogenated alkanes) is 3. The molecular formula is C66H106N22O29S. The Morgan fingerprint density at radius 1 is 0.424 bits per heavy atom. The fourth-order valence-electron chi connectivity index (χ4n) is 10.9. The molecule has 51 nitrogen and oxygen atoms in total. The lowest BCUT2D eigenvalue weighted by Gasteiger charge is -2.26. The van der Waals surface area contributed by atoms with Crippen LogP contribution in [0.3, 0.4) is 0 Å². The van der Waals surface area contributed by atoms with Crippen LogP contribution in [0.2, 0.25) is 0 Å². The molecule has 0 aliphatic carbocycles. The number of guanidine groups is 2. The summed E-state index contributed by atoms with van der Waals surface area (Å²) < 4.78 is 0. The Bertz CT molecular complexity index is 3630. The largest absolute Gasteiger partial charge is 0.481 e. The molecule has 13 atom stereocenters. The normalized spacial score (nSPS) is 15.3. The van der Waals surface area contributed by atoms with Crippen LogP contribution in [-0.4, -0.2) is 300 Å². The highest BCUT2D eigenvalue weighted by atomic mass is 32.2. The first-order valence-corrected chi connectivity index (χ1v) is 37.8. The van der Waals surface area contributed by atoms with E-state index in [9.17, 15) is 131 Å². The van der Waals surface area contributed by atoms with Gasteiger partial charge in [-0.2, -0.15) is 0 Å². The highest BCUT2D eigenvalue weighted by molar-refractivity contribution is 8.00. The molecule has 0 bridgehead atoms.